The van der Waals surface area contributed by atoms with Gasteiger partial charge >= 0.3 is 6.09 Å². The Hall–Kier alpha value is -3.85. The highest BCUT2D eigenvalue weighted by atomic mass is 79.9. The molecular formula is C37H40BrNO6. The van der Waals surface area contributed by atoms with Crippen molar-refractivity contribution in [1.82, 2.24) is 4.90 Å². The summed E-state index contributed by atoms with van der Waals surface area (Å²) < 4.78 is 30.3. The number of para-hydroxylation sites is 1. The van der Waals surface area contributed by atoms with E-state index in [1.54, 1.807) is 12.0 Å². The van der Waals surface area contributed by atoms with E-state index in [1.165, 1.54) is 0 Å². The Morgan fingerprint density at radius 2 is 1.56 bits per heavy atom. The molecule has 5 rings (SSSR count). The Labute approximate surface area is 274 Å². The highest BCUT2D eigenvalue weighted by Crippen LogP contribution is 2.33. The lowest BCUT2D eigenvalue weighted by Crippen LogP contribution is -2.47. The van der Waals surface area contributed by atoms with E-state index in [1.807, 2.05) is 91.0 Å². The number of piperidine rings is 1. The van der Waals surface area contributed by atoms with Crippen LogP contribution in [0.15, 0.2) is 108 Å². The molecule has 7 nitrogen and oxygen atoms in total. The van der Waals surface area contributed by atoms with Gasteiger partial charge in [-0.15, -0.1) is 0 Å². The van der Waals surface area contributed by atoms with Gasteiger partial charge in [-0.2, -0.15) is 0 Å². The van der Waals surface area contributed by atoms with E-state index >= 15 is 0 Å². The summed E-state index contributed by atoms with van der Waals surface area (Å²) in [6.45, 7) is 3.40. The first-order chi connectivity index (χ1) is 22.1. The summed E-state index contributed by atoms with van der Waals surface area (Å²) >= 11 is 3.63. The molecule has 4 aromatic rings. The maximum atomic E-state index is 13.0. The molecule has 8 heteroatoms. The zero-order valence-electron chi connectivity index (χ0n) is 25.6. The number of halogens is 1. The molecule has 0 spiro atoms. The van der Waals surface area contributed by atoms with Crippen molar-refractivity contribution in [2.45, 2.75) is 44.7 Å². The molecule has 1 aliphatic rings. The van der Waals surface area contributed by atoms with Crippen molar-refractivity contribution in [3.05, 3.63) is 130 Å². The zero-order valence-corrected chi connectivity index (χ0v) is 27.2. The molecule has 2 atom stereocenters. The third kappa shape index (κ3) is 9.57. The van der Waals surface area contributed by atoms with Crippen molar-refractivity contribution in [1.29, 1.82) is 0 Å². The summed E-state index contributed by atoms with van der Waals surface area (Å²) in [5, 5.41) is 0. The molecule has 4 aromatic carbocycles. The van der Waals surface area contributed by atoms with Crippen LogP contribution in [0, 0.1) is 0 Å². The van der Waals surface area contributed by atoms with Crippen LogP contribution in [0.4, 0.5) is 4.79 Å². The molecule has 236 valence electrons. The quantitative estimate of drug-likeness (QED) is 0.126. The molecule has 0 radical (unpaired) electrons. The summed E-state index contributed by atoms with van der Waals surface area (Å²) in [6.07, 6.45) is 1.04. The first-order valence-corrected chi connectivity index (χ1v) is 16.1. The Morgan fingerprint density at radius 1 is 0.822 bits per heavy atom. The average molecular weight is 675 g/mol. The highest BCUT2D eigenvalue weighted by molar-refractivity contribution is 9.10. The lowest BCUT2D eigenvalue weighted by molar-refractivity contribution is -0.0247. The fraction of sp³-hybridized carbons (Fsp3) is 0.324. The summed E-state index contributed by atoms with van der Waals surface area (Å²) in [5.41, 5.74) is 4.22. The minimum Gasteiger partial charge on any atom is -0.496 e. The van der Waals surface area contributed by atoms with Crippen molar-refractivity contribution >= 4 is 22.0 Å². The van der Waals surface area contributed by atoms with Crippen LogP contribution in [0.5, 0.6) is 11.5 Å². The molecule has 0 N–H and O–H groups in total. The standard InChI is InChI=1S/C37H40BrNO6/c1-41-35-15-8-6-13-31(35)26-42-22-9-23-43-32-18-16-29(17-19-32)33-20-21-39(37(40)45-25-28-10-3-2-4-11-28)24-36(33)44-27-30-12-5-7-14-34(30)38/h2-8,10-19,33,36H,9,20-27H2,1H3. The number of rotatable bonds is 14. The van der Waals surface area contributed by atoms with Gasteiger partial charge in [0.15, 0.2) is 0 Å². The molecule has 45 heavy (non-hydrogen) atoms. The monoisotopic (exact) mass is 673 g/mol. The van der Waals surface area contributed by atoms with Crippen molar-refractivity contribution in [3.63, 3.8) is 0 Å². The van der Waals surface area contributed by atoms with Crippen LogP contribution in [0.3, 0.4) is 0 Å². The predicted molar refractivity (Wildman–Crippen MR) is 177 cm³/mol. The summed E-state index contributed by atoms with van der Waals surface area (Å²) in [4.78, 5) is 14.8. The number of carbonyl (C=O) groups excluding carboxylic acids is 1. The Balaban J connectivity index is 1.14. The molecule has 0 aromatic heterocycles. The summed E-state index contributed by atoms with van der Waals surface area (Å²) in [6, 6.07) is 33.9. The summed E-state index contributed by atoms with van der Waals surface area (Å²) in [7, 11) is 1.67. The van der Waals surface area contributed by atoms with Crippen LogP contribution in [0.1, 0.15) is 41.0 Å². The maximum Gasteiger partial charge on any atom is 0.410 e. The Morgan fingerprint density at radius 3 is 2.33 bits per heavy atom. The SMILES string of the molecule is COc1ccccc1COCCCOc1ccc(C2CCN(C(=O)OCc3ccccc3)CC2OCc2ccccc2Br)cc1. The smallest absolute Gasteiger partial charge is 0.410 e. The number of methoxy groups -OCH3 is 1. The number of ether oxygens (including phenoxy) is 5. The van der Waals surface area contributed by atoms with Gasteiger partial charge < -0.3 is 28.6 Å². The second-order valence-corrected chi connectivity index (χ2v) is 11.8. The van der Waals surface area contributed by atoms with Crippen LogP contribution in [-0.4, -0.2) is 50.5 Å². The van der Waals surface area contributed by atoms with Crippen molar-refractivity contribution in [2.24, 2.45) is 0 Å². The largest absolute Gasteiger partial charge is 0.496 e. The van der Waals surface area contributed by atoms with Gasteiger partial charge in [0.1, 0.15) is 18.1 Å². The fourth-order valence-electron chi connectivity index (χ4n) is 5.42. The molecule has 0 bridgehead atoms. The third-order valence-electron chi connectivity index (χ3n) is 7.89. The molecule has 2 unspecified atom stereocenters. The fourth-order valence-corrected chi connectivity index (χ4v) is 5.82. The van der Waals surface area contributed by atoms with Gasteiger partial charge in [0.25, 0.3) is 0 Å². The van der Waals surface area contributed by atoms with Crippen LogP contribution in [0.2, 0.25) is 0 Å². The van der Waals surface area contributed by atoms with Gasteiger partial charge in [-0.3, -0.25) is 0 Å². The first kappa shape index (κ1) is 32.5. The third-order valence-corrected chi connectivity index (χ3v) is 8.67. The lowest BCUT2D eigenvalue weighted by Gasteiger charge is -2.38. The van der Waals surface area contributed by atoms with Gasteiger partial charge in [-0.1, -0.05) is 94.8 Å². The van der Waals surface area contributed by atoms with Gasteiger partial charge in [0.2, 0.25) is 0 Å². The molecule has 1 aliphatic heterocycles. The van der Waals surface area contributed by atoms with Crippen LogP contribution < -0.4 is 9.47 Å². The second kappa shape index (κ2) is 17.0. The molecule has 1 fully saturated rings. The van der Waals surface area contributed by atoms with E-state index in [9.17, 15) is 4.79 Å². The number of carbonyl (C=O) groups is 1. The Bertz CT molecular complexity index is 1480. The number of hydrogen-bond donors (Lipinski definition) is 0. The van der Waals surface area contributed by atoms with Crippen LogP contribution in [0.25, 0.3) is 0 Å². The molecular weight excluding hydrogens is 634 g/mol. The number of benzene rings is 4. The number of likely N-dealkylation sites (tertiary alicyclic amines) is 1. The van der Waals surface area contributed by atoms with Gasteiger partial charge in [0, 0.05) is 28.9 Å². The molecule has 1 saturated heterocycles. The molecule has 1 amide bonds. The summed E-state index contributed by atoms with van der Waals surface area (Å²) in [5.74, 6) is 1.78. The first-order valence-electron chi connectivity index (χ1n) is 15.3. The topological polar surface area (TPSA) is 66.5 Å². The van der Waals surface area contributed by atoms with E-state index in [0.717, 1.165) is 51.1 Å². The highest BCUT2D eigenvalue weighted by Gasteiger charge is 2.34. The molecule has 0 aliphatic carbocycles. The number of amides is 1. The van der Waals surface area contributed by atoms with Crippen molar-refractivity contribution < 1.29 is 28.5 Å². The average Bonchev–Trinajstić information content (AvgIpc) is 3.09. The minimum atomic E-state index is -0.317. The van der Waals surface area contributed by atoms with Gasteiger partial charge in [-0.25, -0.2) is 4.79 Å². The van der Waals surface area contributed by atoms with E-state index in [2.05, 4.69) is 28.1 Å². The normalized spacial score (nSPS) is 16.3. The van der Waals surface area contributed by atoms with E-state index in [-0.39, 0.29) is 24.7 Å². The van der Waals surface area contributed by atoms with Gasteiger partial charge in [-0.05, 0) is 47.4 Å². The zero-order chi connectivity index (χ0) is 31.3. The van der Waals surface area contributed by atoms with E-state index < -0.39 is 0 Å². The molecule has 1 heterocycles. The maximum absolute atomic E-state index is 13.0. The number of nitrogens with zero attached hydrogens (tertiary/aromatic N) is 1. The van der Waals surface area contributed by atoms with Crippen molar-refractivity contribution in [3.8, 4) is 11.5 Å². The van der Waals surface area contributed by atoms with Crippen LogP contribution >= 0.6 is 15.9 Å². The van der Waals surface area contributed by atoms with Gasteiger partial charge in [0.05, 0.1) is 46.2 Å². The number of hydrogen-bond acceptors (Lipinski definition) is 6. The second-order valence-electron chi connectivity index (χ2n) is 11.0. The van der Waals surface area contributed by atoms with E-state index in [4.69, 9.17) is 23.7 Å². The lowest BCUT2D eigenvalue weighted by atomic mass is 9.87. The predicted octanol–water partition coefficient (Wildman–Crippen LogP) is 8.15. The van der Waals surface area contributed by atoms with Crippen LogP contribution in [-0.2, 0) is 34.0 Å². The van der Waals surface area contributed by atoms with E-state index in [0.29, 0.717) is 39.5 Å². The Kier molecular flexibility index (Phi) is 12.3. The minimum absolute atomic E-state index is 0.128. The molecule has 0 saturated carbocycles. The van der Waals surface area contributed by atoms with Crippen molar-refractivity contribution in [2.75, 3.05) is 33.4 Å².